The molecular weight excluding hydrogens is 170 g/mol. The second kappa shape index (κ2) is 7.12. The molecular formula is C9H13NO3. The molecule has 72 valence electrons. The van der Waals surface area contributed by atoms with Gasteiger partial charge in [0.05, 0.1) is 0 Å². The zero-order chi connectivity index (χ0) is 10.1. The van der Waals surface area contributed by atoms with Crippen molar-refractivity contribution < 1.29 is 14.6 Å². The van der Waals surface area contributed by atoms with Crippen LogP contribution >= 0.6 is 0 Å². The highest BCUT2D eigenvalue weighted by Gasteiger charge is 1.93. The first kappa shape index (κ1) is 11.4. The van der Waals surface area contributed by atoms with Crippen molar-refractivity contribution in [3.63, 3.8) is 0 Å². The molecule has 0 aliphatic heterocycles. The number of carbonyl (C=O) groups excluding carboxylic acids is 1. The van der Waals surface area contributed by atoms with Gasteiger partial charge in [0, 0.05) is 7.11 Å². The van der Waals surface area contributed by atoms with Crippen LogP contribution in [0.3, 0.4) is 0 Å². The molecule has 1 aromatic carbocycles. The Bertz CT molecular complexity index is 236. The molecule has 13 heavy (non-hydrogen) atoms. The Balaban J connectivity index is 0.000000671. The zero-order valence-electron chi connectivity index (χ0n) is 7.43. The first-order valence-corrected chi connectivity index (χ1v) is 3.70. The maximum atomic E-state index is 10.2. The van der Waals surface area contributed by atoms with Gasteiger partial charge in [-0.15, -0.1) is 0 Å². The minimum atomic E-state index is -0.742. The topological polar surface area (TPSA) is 72.5 Å². The van der Waals surface area contributed by atoms with Gasteiger partial charge in [0.1, 0.15) is 6.61 Å². The van der Waals surface area contributed by atoms with E-state index in [9.17, 15) is 4.79 Å². The molecule has 0 aliphatic rings. The number of carbonyl (C=O) groups is 1. The van der Waals surface area contributed by atoms with Crippen LogP contribution in [0.5, 0.6) is 0 Å². The number of hydrogen-bond donors (Lipinski definition) is 2. The molecule has 0 fully saturated rings. The molecule has 1 rings (SSSR count). The van der Waals surface area contributed by atoms with Crippen LogP contribution in [0.15, 0.2) is 30.3 Å². The van der Waals surface area contributed by atoms with Gasteiger partial charge in [-0.1, -0.05) is 30.3 Å². The summed E-state index contributed by atoms with van der Waals surface area (Å²) in [7, 11) is 1.00. The molecule has 0 saturated heterocycles. The number of ether oxygens (including phenoxy) is 1. The summed E-state index contributed by atoms with van der Waals surface area (Å²) in [4.78, 5) is 10.2. The van der Waals surface area contributed by atoms with E-state index in [1.165, 1.54) is 0 Å². The summed E-state index contributed by atoms with van der Waals surface area (Å²) < 4.78 is 4.57. The van der Waals surface area contributed by atoms with E-state index in [0.717, 1.165) is 12.7 Å². The molecule has 0 saturated carbocycles. The lowest BCUT2D eigenvalue weighted by Gasteiger charge is -1.99. The van der Waals surface area contributed by atoms with E-state index in [1.54, 1.807) is 0 Å². The molecule has 4 heteroatoms. The highest BCUT2D eigenvalue weighted by molar-refractivity contribution is 5.64. The largest absolute Gasteiger partial charge is 0.445 e. The van der Waals surface area contributed by atoms with Crippen LogP contribution in [0.25, 0.3) is 0 Å². The number of hydrogen-bond acceptors (Lipinski definition) is 3. The number of benzene rings is 1. The van der Waals surface area contributed by atoms with Gasteiger partial charge in [-0.05, 0) is 5.56 Å². The normalized spacial score (nSPS) is 8.15. The van der Waals surface area contributed by atoms with E-state index >= 15 is 0 Å². The third kappa shape index (κ3) is 5.69. The molecule has 0 aliphatic carbocycles. The Hall–Kier alpha value is -1.55. The van der Waals surface area contributed by atoms with Crippen LogP contribution in [0.2, 0.25) is 0 Å². The van der Waals surface area contributed by atoms with E-state index in [1.807, 2.05) is 30.3 Å². The Morgan fingerprint density at radius 1 is 1.38 bits per heavy atom. The third-order valence-corrected chi connectivity index (χ3v) is 1.22. The lowest BCUT2D eigenvalue weighted by atomic mass is 10.2. The molecule has 0 radical (unpaired) electrons. The standard InChI is InChI=1S/C8H9NO2.CH4O/c9-8(10)11-6-7-4-2-1-3-5-7;1-2/h1-5H,6H2,(H2,9,10);2H,1H3. The van der Waals surface area contributed by atoms with Crippen LogP contribution in [-0.4, -0.2) is 18.3 Å². The van der Waals surface area contributed by atoms with Crippen LogP contribution < -0.4 is 5.73 Å². The van der Waals surface area contributed by atoms with Crippen molar-refractivity contribution in [3.8, 4) is 0 Å². The highest BCUT2D eigenvalue weighted by atomic mass is 16.5. The molecule has 0 heterocycles. The van der Waals surface area contributed by atoms with E-state index in [2.05, 4.69) is 4.74 Å². The zero-order valence-corrected chi connectivity index (χ0v) is 7.43. The fourth-order valence-electron chi connectivity index (χ4n) is 0.729. The Morgan fingerprint density at radius 2 is 1.92 bits per heavy atom. The fourth-order valence-corrected chi connectivity index (χ4v) is 0.729. The quantitative estimate of drug-likeness (QED) is 0.715. The van der Waals surface area contributed by atoms with Gasteiger partial charge in [0.15, 0.2) is 0 Å². The van der Waals surface area contributed by atoms with Crippen molar-refractivity contribution >= 4 is 6.09 Å². The average Bonchev–Trinajstić information content (AvgIpc) is 2.19. The lowest BCUT2D eigenvalue weighted by Crippen LogP contribution is -2.12. The van der Waals surface area contributed by atoms with Crippen molar-refractivity contribution in [1.82, 2.24) is 0 Å². The highest BCUT2D eigenvalue weighted by Crippen LogP contribution is 1.99. The van der Waals surface area contributed by atoms with Crippen molar-refractivity contribution in [2.45, 2.75) is 6.61 Å². The molecule has 0 spiro atoms. The Labute approximate surface area is 76.9 Å². The molecule has 0 unspecified atom stereocenters. The molecule has 4 nitrogen and oxygen atoms in total. The van der Waals surface area contributed by atoms with E-state index in [0.29, 0.717) is 0 Å². The maximum absolute atomic E-state index is 10.2. The molecule has 1 aromatic rings. The number of primary amides is 1. The predicted molar refractivity (Wildman–Crippen MR) is 49.0 cm³/mol. The third-order valence-electron chi connectivity index (χ3n) is 1.22. The maximum Gasteiger partial charge on any atom is 0.404 e. The molecule has 3 N–H and O–H groups in total. The number of aliphatic hydroxyl groups excluding tert-OH is 1. The van der Waals surface area contributed by atoms with Crippen LogP contribution in [-0.2, 0) is 11.3 Å². The molecule has 1 amide bonds. The summed E-state index contributed by atoms with van der Waals surface area (Å²) in [5, 5.41) is 7.00. The predicted octanol–water partition coefficient (Wildman–Crippen LogP) is 0.890. The van der Waals surface area contributed by atoms with Crippen molar-refractivity contribution in [2.75, 3.05) is 7.11 Å². The lowest BCUT2D eigenvalue weighted by molar-refractivity contribution is 0.150. The van der Waals surface area contributed by atoms with Crippen LogP contribution in [0, 0.1) is 0 Å². The SMILES string of the molecule is CO.NC(=O)OCc1ccccc1. The van der Waals surface area contributed by atoms with E-state index in [4.69, 9.17) is 10.8 Å². The first-order chi connectivity index (χ1) is 6.29. The van der Waals surface area contributed by atoms with Crippen LogP contribution in [0.1, 0.15) is 5.56 Å². The number of rotatable bonds is 2. The van der Waals surface area contributed by atoms with Crippen molar-refractivity contribution in [2.24, 2.45) is 5.73 Å². The molecule has 0 aromatic heterocycles. The van der Waals surface area contributed by atoms with E-state index < -0.39 is 6.09 Å². The number of amides is 1. The van der Waals surface area contributed by atoms with Gasteiger partial charge in [-0.25, -0.2) is 4.79 Å². The van der Waals surface area contributed by atoms with Gasteiger partial charge in [-0.3, -0.25) is 0 Å². The summed E-state index contributed by atoms with van der Waals surface area (Å²) in [6, 6.07) is 9.37. The van der Waals surface area contributed by atoms with Gasteiger partial charge < -0.3 is 15.6 Å². The molecule has 0 bridgehead atoms. The second-order valence-electron chi connectivity index (χ2n) is 2.09. The van der Waals surface area contributed by atoms with Crippen LogP contribution in [0.4, 0.5) is 4.79 Å². The summed E-state index contributed by atoms with van der Waals surface area (Å²) >= 11 is 0. The van der Waals surface area contributed by atoms with Gasteiger partial charge in [0.2, 0.25) is 0 Å². The summed E-state index contributed by atoms with van der Waals surface area (Å²) in [6.45, 7) is 0.246. The fraction of sp³-hybridized carbons (Fsp3) is 0.222. The first-order valence-electron chi connectivity index (χ1n) is 3.70. The summed E-state index contributed by atoms with van der Waals surface area (Å²) in [5.74, 6) is 0. The average molecular weight is 183 g/mol. The van der Waals surface area contributed by atoms with Gasteiger partial charge in [-0.2, -0.15) is 0 Å². The minimum absolute atomic E-state index is 0.246. The second-order valence-corrected chi connectivity index (χ2v) is 2.09. The minimum Gasteiger partial charge on any atom is -0.445 e. The van der Waals surface area contributed by atoms with Crippen molar-refractivity contribution in [3.05, 3.63) is 35.9 Å². The van der Waals surface area contributed by atoms with Gasteiger partial charge in [0.25, 0.3) is 0 Å². The monoisotopic (exact) mass is 183 g/mol. The van der Waals surface area contributed by atoms with Crippen molar-refractivity contribution in [1.29, 1.82) is 0 Å². The smallest absolute Gasteiger partial charge is 0.404 e. The summed E-state index contributed by atoms with van der Waals surface area (Å²) in [6.07, 6.45) is -0.742. The number of aliphatic hydroxyl groups is 1. The number of nitrogens with two attached hydrogens (primary N) is 1. The Kier molecular flexibility index (Phi) is 6.27. The van der Waals surface area contributed by atoms with E-state index in [-0.39, 0.29) is 6.61 Å². The molecule has 0 atom stereocenters. The Morgan fingerprint density at radius 3 is 2.38 bits per heavy atom. The van der Waals surface area contributed by atoms with Gasteiger partial charge >= 0.3 is 6.09 Å². The summed E-state index contributed by atoms with van der Waals surface area (Å²) in [5.41, 5.74) is 5.72.